The monoisotopic (exact) mass is 212 g/mol. The van der Waals surface area contributed by atoms with Crippen molar-refractivity contribution in [2.45, 2.75) is 12.8 Å². The molecule has 2 nitrogen and oxygen atoms in total. The van der Waals surface area contributed by atoms with Crippen molar-refractivity contribution >= 4 is 16.8 Å². The van der Waals surface area contributed by atoms with Gasteiger partial charge in [0.2, 0.25) is 5.24 Å². The van der Waals surface area contributed by atoms with Crippen LogP contribution in [0.5, 0.6) is 0 Å². The van der Waals surface area contributed by atoms with E-state index in [1.807, 2.05) is 37.3 Å². The molecule has 0 N–H and O–H groups in total. The Labute approximate surface area is 88.8 Å². The Morgan fingerprint density at radius 2 is 2.07 bits per heavy atom. The molecule has 0 aliphatic carbocycles. The molecule has 0 amide bonds. The first-order valence-corrected chi connectivity index (χ1v) is 4.95. The van der Waals surface area contributed by atoms with Gasteiger partial charge in [-0.3, -0.25) is 4.79 Å². The molecule has 0 saturated heterocycles. The molecule has 1 aromatic rings. The number of halogens is 1. The lowest BCUT2D eigenvalue weighted by atomic mass is 10.0. The molecule has 1 unspecified atom stereocenters. The summed E-state index contributed by atoms with van der Waals surface area (Å²) in [6.07, 6.45) is 0. The van der Waals surface area contributed by atoms with E-state index in [0.29, 0.717) is 13.2 Å². The predicted octanol–water partition coefficient (Wildman–Crippen LogP) is 2.57. The van der Waals surface area contributed by atoms with Gasteiger partial charge < -0.3 is 4.74 Å². The van der Waals surface area contributed by atoms with Gasteiger partial charge in [-0.15, -0.1) is 0 Å². The largest absolute Gasteiger partial charge is 0.381 e. The highest BCUT2D eigenvalue weighted by atomic mass is 35.5. The van der Waals surface area contributed by atoms with Crippen molar-refractivity contribution in [3.8, 4) is 0 Å². The smallest absolute Gasteiger partial charge is 0.231 e. The number of hydrogen-bond acceptors (Lipinski definition) is 2. The third-order valence-electron chi connectivity index (χ3n) is 1.96. The van der Waals surface area contributed by atoms with E-state index in [-0.39, 0.29) is 11.2 Å². The van der Waals surface area contributed by atoms with E-state index in [1.54, 1.807) is 0 Å². The van der Waals surface area contributed by atoms with Gasteiger partial charge in [-0.05, 0) is 24.1 Å². The van der Waals surface area contributed by atoms with Crippen molar-refractivity contribution in [2.75, 3.05) is 13.2 Å². The minimum absolute atomic E-state index is 0.349. The first-order chi connectivity index (χ1) is 6.75. The maximum atomic E-state index is 11.1. The van der Waals surface area contributed by atoms with Crippen molar-refractivity contribution in [1.29, 1.82) is 0 Å². The highest BCUT2D eigenvalue weighted by Gasteiger charge is 2.18. The molecule has 1 rings (SSSR count). The van der Waals surface area contributed by atoms with Crippen LogP contribution in [0.15, 0.2) is 30.3 Å². The molecule has 1 aromatic carbocycles. The van der Waals surface area contributed by atoms with Crippen molar-refractivity contribution in [3.63, 3.8) is 0 Å². The van der Waals surface area contributed by atoms with Crippen LogP contribution in [-0.2, 0) is 9.53 Å². The standard InChI is InChI=1S/C11H13ClO2/c1-2-14-8-10(11(12)13)9-6-4-3-5-7-9/h3-7,10H,2,8H2,1H3. The average molecular weight is 213 g/mol. The number of carbonyl (C=O) groups excluding carboxylic acids is 1. The molecule has 0 spiro atoms. The van der Waals surface area contributed by atoms with Gasteiger partial charge in [-0.2, -0.15) is 0 Å². The maximum Gasteiger partial charge on any atom is 0.231 e. The third-order valence-corrected chi connectivity index (χ3v) is 2.23. The number of carbonyl (C=O) groups is 1. The summed E-state index contributed by atoms with van der Waals surface area (Å²) < 4.78 is 5.21. The Bertz CT molecular complexity index is 285. The lowest BCUT2D eigenvalue weighted by molar-refractivity contribution is -0.114. The van der Waals surface area contributed by atoms with E-state index in [9.17, 15) is 4.79 Å². The molecular weight excluding hydrogens is 200 g/mol. The zero-order valence-electron chi connectivity index (χ0n) is 8.07. The molecule has 1 atom stereocenters. The first-order valence-electron chi connectivity index (χ1n) is 4.57. The van der Waals surface area contributed by atoms with Gasteiger partial charge in [0.25, 0.3) is 0 Å². The fourth-order valence-electron chi connectivity index (χ4n) is 1.21. The summed E-state index contributed by atoms with van der Waals surface area (Å²) in [7, 11) is 0. The van der Waals surface area contributed by atoms with E-state index >= 15 is 0 Å². The normalized spacial score (nSPS) is 12.4. The van der Waals surface area contributed by atoms with Crippen molar-refractivity contribution < 1.29 is 9.53 Å². The summed E-state index contributed by atoms with van der Waals surface area (Å²) in [4.78, 5) is 11.1. The molecule has 0 saturated carbocycles. The zero-order valence-corrected chi connectivity index (χ0v) is 8.83. The highest BCUT2D eigenvalue weighted by Crippen LogP contribution is 2.18. The van der Waals surface area contributed by atoms with E-state index in [2.05, 4.69) is 0 Å². The molecule has 0 heterocycles. The number of ether oxygens (including phenoxy) is 1. The number of hydrogen-bond donors (Lipinski definition) is 0. The Morgan fingerprint density at radius 3 is 2.57 bits per heavy atom. The van der Waals surface area contributed by atoms with E-state index in [0.717, 1.165) is 5.56 Å². The molecule has 3 heteroatoms. The quantitative estimate of drug-likeness (QED) is 0.702. The van der Waals surface area contributed by atoms with Crippen LogP contribution >= 0.6 is 11.6 Å². The second-order valence-corrected chi connectivity index (χ2v) is 3.30. The predicted molar refractivity (Wildman–Crippen MR) is 56.5 cm³/mol. The lowest BCUT2D eigenvalue weighted by Crippen LogP contribution is -2.14. The lowest BCUT2D eigenvalue weighted by Gasteiger charge is -2.12. The summed E-state index contributed by atoms with van der Waals surface area (Å²) in [5.74, 6) is -0.349. The molecule has 0 aromatic heterocycles. The third kappa shape index (κ3) is 3.13. The van der Waals surface area contributed by atoms with Crippen LogP contribution in [0, 0.1) is 0 Å². The second-order valence-electron chi connectivity index (χ2n) is 2.93. The van der Waals surface area contributed by atoms with E-state index in [1.165, 1.54) is 0 Å². The maximum absolute atomic E-state index is 11.1. The van der Waals surface area contributed by atoms with Gasteiger partial charge in [-0.25, -0.2) is 0 Å². The van der Waals surface area contributed by atoms with Gasteiger partial charge in [0.1, 0.15) is 0 Å². The fraction of sp³-hybridized carbons (Fsp3) is 0.364. The summed E-state index contributed by atoms with van der Waals surface area (Å²) >= 11 is 5.50. The van der Waals surface area contributed by atoms with Gasteiger partial charge in [0, 0.05) is 6.61 Å². The van der Waals surface area contributed by atoms with Crippen LogP contribution < -0.4 is 0 Å². The number of rotatable bonds is 5. The minimum atomic E-state index is -0.371. The molecule has 76 valence electrons. The van der Waals surface area contributed by atoms with E-state index in [4.69, 9.17) is 16.3 Å². The summed E-state index contributed by atoms with van der Waals surface area (Å²) in [6.45, 7) is 2.83. The minimum Gasteiger partial charge on any atom is -0.381 e. The van der Waals surface area contributed by atoms with Crippen molar-refractivity contribution in [3.05, 3.63) is 35.9 Å². The highest BCUT2D eigenvalue weighted by molar-refractivity contribution is 6.64. The molecule has 0 bridgehead atoms. The van der Waals surface area contributed by atoms with Crippen LogP contribution in [0.25, 0.3) is 0 Å². The topological polar surface area (TPSA) is 26.3 Å². The second kappa shape index (κ2) is 5.78. The summed E-state index contributed by atoms with van der Waals surface area (Å²) in [6, 6.07) is 9.43. The van der Waals surface area contributed by atoms with Gasteiger partial charge in [-0.1, -0.05) is 30.3 Å². The zero-order chi connectivity index (χ0) is 10.4. The molecule has 14 heavy (non-hydrogen) atoms. The summed E-state index contributed by atoms with van der Waals surface area (Å²) in [5, 5.41) is -0.371. The molecular formula is C11H13ClO2. The summed E-state index contributed by atoms with van der Waals surface area (Å²) in [5.41, 5.74) is 0.904. The molecule has 0 aliphatic rings. The Kier molecular flexibility index (Phi) is 4.63. The van der Waals surface area contributed by atoms with Crippen LogP contribution in [0.1, 0.15) is 18.4 Å². The van der Waals surface area contributed by atoms with Gasteiger partial charge >= 0.3 is 0 Å². The fourth-order valence-corrected chi connectivity index (χ4v) is 1.40. The van der Waals surface area contributed by atoms with Gasteiger partial charge in [0.15, 0.2) is 0 Å². The SMILES string of the molecule is CCOCC(C(=O)Cl)c1ccccc1. The molecule has 0 radical (unpaired) electrons. The molecule has 0 aliphatic heterocycles. The van der Waals surface area contributed by atoms with Crippen LogP contribution in [0.4, 0.5) is 0 Å². The first kappa shape index (κ1) is 11.2. The van der Waals surface area contributed by atoms with Crippen LogP contribution in [-0.4, -0.2) is 18.5 Å². The average Bonchev–Trinajstić information content (AvgIpc) is 2.19. The Morgan fingerprint density at radius 1 is 1.43 bits per heavy atom. The molecule has 0 fully saturated rings. The van der Waals surface area contributed by atoms with Crippen molar-refractivity contribution in [2.24, 2.45) is 0 Å². The van der Waals surface area contributed by atoms with Crippen LogP contribution in [0.2, 0.25) is 0 Å². The van der Waals surface area contributed by atoms with E-state index < -0.39 is 0 Å². The van der Waals surface area contributed by atoms with Crippen molar-refractivity contribution in [1.82, 2.24) is 0 Å². The number of benzene rings is 1. The Balaban J connectivity index is 2.73. The van der Waals surface area contributed by atoms with Gasteiger partial charge in [0.05, 0.1) is 12.5 Å². The Hall–Kier alpha value is -0.860. The van der Waals surface area contributed by atoms with Crippen LogP contribution in [0.3, 0.4) is 0 Å².